The van der Waals surface area contributed by atoms with E-state index in [-0.39, 0.29) is 35.9 Å². The van der Waals surface area contributed by atoms with Crippen molar-refractivity contribution in [1.29, 1.82) is 0 Å². The van der Waals surface area contributed by atoms with Gasteiger partial charge in [0.05, 0.1) is 12.2 Å². The Bertz CT molecular complexity index is 989. The fourth-order valence-electron chi connectivity index (χ4n) is 5.84. The van der Waals surface area contributed by atoms with Crippen molar-refractivity contribution in [3.05, 3.63) is 28.8 Å². The van der Waals surface area contributed by atoms with Gasteiger partial charge in [-0.1, -0.05) is 25.4 Å². The average molecular weight is 521 g/mol. The first-order valence-corrected chi connectivity index (χ1v) is 13.5. The van der Waals surface area contributed by atoms with E-state index in [0.29, 0.717) is 24.5 Å². The van der Waals surface area contributed by atoms with Gasteiger partial charge < -0.3 is 24.4 Å². The van der Waals surface area contributed by atoms with Crippen LogP contribution in [0.25, 0.3) is 0 Å². The maximum Gasteiger partial charge on any atom is 0.408 e. The van der Waals surface area contributed by atoms with Crippen LogP contribution in [-0.4, -0.2) is 53.3 Å². The smallest absolute Gasteiger partial charge is 0.408 e. The van der Waals surface area contributed by atoms with Crippen molar-refractivity contribution in [3.63, 3.8) is 0 Å². The second-order valence-electron chi connectivity index (χ2n) is 12.5. The summed E-state index contributed by atoms with van der Waals surface area (Å²) in [6.07, 6.45) is 1.65. The van der Waals surface area contributed by atoms with Gasteiger partial charge in [0.2, 0.25) is 5.91 Å². The van der Waals surface area contributed by atoms with Crippen molar-refractivity contribution >= 4 is 23.6 Å². The number of amides is 2. The molecule has 0 aliphatic carbocycles. The van der Waals surface area contributed by atoms with Crippen molar-refractivity contribution in [2.75, 3.05) is 13.1 Å². The Hall–Kier alpha value is -1.99. The summed E-state index contributed by atoms with van der Waals surface area (Å²) in [6.45, 7) is 15.0. The number of nitrogens with one attached hydrogen (secondary N) is 1. The largest absolute Gasteiger partial charge is 0.487 e. The van der Waals surface area contributed by atoms with Gasteiger partial charge in [0.15, 0.2) is 0 Å². The molecule has 2 amide bonds. The summed E-state index contributed by atoms with van der Waals surface area (Å²) in [5.74, 6) is 1.38. The van der Waals surface area contributed by atoms with Crippen molar-refractivity contribution in [2.24, 2.45) is 17.8 Å². The summed E-state index contributed by atoms with van der Waals surface area (Å²) in [7, 11) is 0. The highest BCUT2D eigenvalue weighted by Crippen LogP contribution is 2.53. The topological polar surface area (TPSA) is 77.1 Å². The second kappa shape index (κ2) is 10.1. The van der Waals surface area contributed by atoms with E-state index in [2.05, 4.69) is 19.2 Å². The maximum atomic E-state index is 13.6. The molecule has 0 spiro atoms. The minimum atomic E-state index is -0.623. The number of rotatable bonds is 4. The van der Waals surface area contributed by atoms with Crippen LogP contribution in [0.4, 0.5) is 4.79 Å². The minimum Gasteiger partial charge on any atom is -0.487 e. The number of hydrogen-bond donors (Lipinski definition) is 1. The minimum absolute atomic E-state index is 0.0496. The summed E-state index contributed by atoms with van der Waals surface area (Å²) in [4.78, 5) is 28.0. The molecule has 8 heteroatoms. The second-order valence-corrected chi connectivity index (χ2v) is 12.9. The number of hydrogen-bond acceptors (Lipinski definition) is 5. The number of alkyl carbamates (subject to hydrolysis) is 1. The summed E-state index contributed by atoms with van der Waals surface area (Å²) >= 11 is 6.31. The molecule has 0 bridgehead atoms. The van der Waals surface area contributed by atoms with Crippen molar-refractivity contribution < 1.29 is 23.8 Å². The van der Waals surface area contributed by atoms with Gasteiger partial charge in [-0.2, -0.15) is 0 Å². The van der Waals surface area contributed by atoms with Crippen LogP contribution in [0.2, 0.25) is 5.02 Å². The Balaban J connectivity index is 1.48. The van der Waals surface area contributed by atoms with E-state index in [0.717, 1.165) is 24.2 Å². The lowest BCUT2D eigenvalue weighted by molar-refractivity contribution is -0.189. The molecule has 1 aromatic carbocycles. The van der Waals surface area contributed by atoms with Gasteiger partial charge in [0, 0.05) is 35.5 Å². The molecule has 0 saturated carbocycles. The van der Waals surface area contributed by atoms with Crippen LogP contribution >= 0.6 is 11.6 Å². The fraction of sp³-hybridized carbons (Fsp3) is 0.714. The van der Waals surface area contributed by atoms with Gasteiger partial charge in [0.1, 0.15) is 23.0 Å². The zero-order chi connectivity index (χ0) is 26.4. The summed E-state index contributed by atoms with van der Waals surface area (Å²) in [5, 5.41) is 3.51. The van der Waals surface area contributed by atoms with Gasteiger partial charge in [-0.05, 0) is 78.0 Å². The molecule has 36 heavy (non-hydrogen) atoms. The number of likely N-dealkylation sites (tertiary alicyclic amines) is 1. The number of ether oxygens (including phenoxy) is 3. The molecule has 0 unspecified atom stereocenters. The lowest BCUT2D eigenvalue weighted by Gasteiger charge is -2.53. The highest BCUT2D eigenvalue weighted by Gasteiger charge is 2.52. The van der Waals surface area contributed by atoms with Crippen LogP contribution in [0, 0.1) is 17.8 Å². The Morgan fingerprint density at radius 3 is 2.67 bits per heavy atom. The molecule has 4 rings (SSSR count). The Kier molecular flexibility index (Phi) is 7.55. The Morgan fingerprint density at radius 1 is 1.28 bits per heavy atom. The standard InChI is InChI=1S/C28H41ClN2O5/c1-16(2)12-21(30-26(33)36-27(3,4)5)25(32)31-11-10-22-17(15-31)13-20-24(34-22)19-14-18(29)8-9-23(19)35-28(20,6)7/h8-9,14,16-17,20-22,24H,10-13,15H2,1-7H3,(H,30,33)/t17-,20+,21+,22+,24-/m1/s1. The first-order chi connectivity index (χ1) is 16.7. The molecule has 0 aromatic heterocycles. The third kappa shape index (κ3) is 5.94. The molecule has 7 nitrogen and oxygen atoms in total. The van der Waals surface area contributed by atoms with E-state index in [1.807, 2.05) is 57.7 Å². The van der Waals surface area contributed by atoms with Crippen LogP contribution in [0.3, 0.4) is 0 Å². The predicted molar refractivity (Wildman–Crippen MR) is 139 cm³/mol. The monoisotopic (exact) mass is 520 g/mol. The number of carbonyl (C=O) groups is 2. The summed E-state index contributed by atoms with van der Waals surface area (Å²) in [6, 6.07) is 5.13. The lowest BCUT2D eigenvalue weighted by Crippen LogP contribution is -2.58. The average Bonchev–Trinajstić information content (AvgIpc) is 2.75. The molecule has 200 valence electrons. The third-order valence-corrected chi connectivity index (χ3v) is 7.70. The highest BCUT2D eigenvalue weighted by molar-refractivity contribution is 6.30. The van der Waals surface area contributed by atoms with Gasteiger partial charge in [-0.3, -0.25) is 4.79 Å². The molecule has 1 aromatic rings. The molecule has 5 atom stereocenters. The molecule has 2 fully saturated rings. The van der Waals surface area contributed by atoms with Gasteiger partial charge in [0.25, 0.3) is 0 Å². The molecule has 1 N–H and O–H groups in total. The van der Waals surface area contributed by atoms with Crippen molar-refractivity contribution in [3.8, 4) is 5.75 Å². The predicted octanol–water partition coefficient (Wildman–Crippen LogP) is 5.75. The van der Waals surface area contributed by atoms with E-state index in [1.54, 1.807) is 0 Å². The number of piperidine rings is 1. The Morgan fingerprint density at radius 2 is 2.00 bits per heavy atom. The van der Waals surface area contributed by atoms with E-state index >= 15 is 0 Å². The molecule has 0 radical (unpaired) electrons. The molecular weight excluding hydrogens is 480 g/mol. The first kappa shape index (κ1) is 27.1. The quantitative estimate of drug-likeness (QED) is 0.547. The molecule has 2 saturated heterocycles. The van der Waals surface area contributed by atoms with E-state index < -0.39 is 23.3 Å². The summed E-state index contributed by atoms with van der Waals surface area (Å²) in [5.41, 5.74) is -0.00899. The fourth-order valence-corrected chi connectivity index (χ4v) is 6.02. The van der Waals surface area contributed by atoms with Crippen molar-refractivity contribution in [2.45, 2.75) is 97.2 Å². The van der Waals surface area contributed by atoms with E-state index in [1.165, 1.54) is 0 Å². The zero-order valence-electron chi connectivity index (χ0n) is 22.6. The van der Waals surface area contributed by atoms with Crippen LogP contribution in [0.15, 0.2) is 18.2 Å². The van der Waals surface area contributed by atoms with E-state index in [9.17, 15) is 9.59 Å². The normalized spacial score (nSPS) is 27.8. The highest BCUT2D eigenvalue weighted by atomic mass is 35.5. The number of nitrogens with zero attached hydrogens (tertiary/aromatic N) is 1. The number of carbonyl (C=O) groups excluding carboxylic acids is 2. The SMILES string of the molecule is CC(C)C[C@H](NC(=O)OC(C)(C)C)C(=O)N1CC[C@@H]2O[C@@H]3c4cc(Cl)ccc4OC(C)(C)[C@H]3C[C@@H]2C1. The number of benzene rings is 1. The molecule has 3 aliphatic rings. The molecule has 3 aliphatic heterocycles. The lowest BCUT2D eigenvalue weighted by atomic mass is 9.70. The molecule has 3 heterocycles. The zero-order valence-corrected chi connectivity index (χ0v) is 23.4. The van der Waals surface area contributed by atoms with Crippen LogP contribution < -0.4 is 10.1 Å². The first-order valence-electron chi connectivity index (χ1n) is 13.2. The number of halogens is 1. The summed E-state index contributed by atoms with van der Waals surface area (Å²) < 4.78 is 18.5. The van der Waals surface area contributed by atoms with Crippen LogP contribution in [-0.2, 0) is 14.3 Å². The van der Waals surface area contributed by atoms with Crippen LogP contribution in [0.1, 0.15) is 79.4 Å². The van der Waals surface area contributed by atoms with Gasteiger partial charge in [-0.15, -0.1) is 0 Å². The Labute approximate surface area is 220 Å². The number of fused-ring (bicyclic) bond motifs is 4. The van der Waals surface area contributed by atoms with Crippen LogP contribution in [0.5, 0.6) is 5.75 Å². The van der Waals surface area contributed by atoms with E-state index in [4.69, 9.17) is 25.8 Å². The third-order valence-electron chi connectivity index (χ3n) is 7.46. The maximum absolute atomic E-state index is 13.6. The molecular formula is C28H41ClN2O5. The van der Waals surface area contributed by atoms with Gasteiger partial charge in [-0.25, -0.2) is 4.79 Å². The van der Waals surface area contributed by atoms with Gasteiger partial charge >= 0.3 is 6.09 Å². The van der Waals surface area contributed by atoms with Crippen molar-refractivity contribution in [1.82, 2.24) is 10.2 Å².